The molecule has 1 saturated heterocycles. The SMILES string of the molecule is C[C@]12CC[C@@H]3C[C@]1(C(=O)Nc1sc4c(c1C(=O)O)CCOC4)OC[C@@]32C. The van der Waals surface area contributed by atoms with Crippen molar-refractivity contribution in [2.24, 2.45) is 16.7 Å². The van der Waals surface area contributed by atoms with Crippen LogP contribution in [0.2, 0.25) is 0 Å². The Kier molecular flexibility index (Phi) is 3.27. The predicted molar refractivity (Wildman–Crippen MR) is 95.5 cm³/mol. The molecule has 2 saturated carbocycles. The Bertz CT molecular complexity index is 834. The molecule has 1 amide bonds. The van der Waals surface area contributed by atoms with Crippen LogP contribution in [0.5, 0.6) is 0 Å². The molecule has 2 N–H and O–H groups in total. The van der Waals surface area contributed by atoms with Gasteiger partial charge in [0.15, 0.2) is 5.60 Å². The summed E-state index contributed by atoms with van der Waals surface area (Å²) in [5.74, 6) is -0.655. The summed E-state index contributed by atoms with van der Waals surface area (Å²) in [6.45, 7) is 5.97. The summed E-state index contributed by atoms with van der Waals surface area (Å²) in [6, 6.07) is 0. The maximum Gasteiger partial charge on any atom is 0.339 e. The number of anilines is 1. The van der Waals surface area contributed by atoms with Crippen molar-refractivity contribution >= 4 is 28.2 Å². The third-order valence-electron chi connectivity index (χ3n) is 7.83. The summed E-state index contributed by atoms with van der Waals surface area (Å²) in [5.41, 5.74) is 0.0622. The minimum absolute atomic E-state index is 0.0441. The zero-order chi connectivity index (χ0) is 18.3. The van der Waals surface area contributed by atoms with Crippen LogP contribution in [0.15, 0.2) is 0 Å². The smallest absolute Gasteiger partial charge is 0.339 e. The van der Waals surface area contributed by atoms with Gasteiger partial charge in [-0.25, -0.2) is 4.79 Å². The topological polar surface area (TPSA) is 84.9 Å². The van der Waals surface area contributed by atoms with Crippen LogP contribution in [0.1, 0.15) is 53.9 Å². The van der Waals surface area contributed by atoms with Crippen molar-refractivity contribution in [1.82, 2.24) is 0 Å². The van der Waals surface area contributed by atoms with Gasteiger partial charge in [-0.1, -0.05) is 13.8 Å². The molecule has 3 fully saturated rings. The monoisotopic (exact) mass is 377 g/mol. The zero-order valence-corrected chi connectivity index (χ0v) is 15.8. The van der Waals surface area contributed by atoms with Crippen molar-refractivity contribution in [2.45, 2.75) is 51.7 Å². The Hall–Kier alpha value is -1.44. The van der Waals surface area contributed by atoms with E-state index < -0.39 is 11.6 Å². The molecule has 2 aliphatic heterocycles. The summed E-state index contributed by atoms with van der Waals surface area (Å²) >= 11 is 1.32. The summed E-state index contributed by atoms with van der Waals surface area (Å²) < 4.78 is 11.6. The van der Waals surface area contributed by atoms with Crippen molar-refractivity contribution in [2.75, 3.05) is 18.5 Å². The summed E-state index contributed by atoms with van der Waals surface area (Å²) in [5, 5.41) is 13.1. The number of thiophene rings is 1. The van der Waals surface area contributed by atoms with E-state index >= 15 is 0 Å². The highest BCUT2D eigenvalue weighted by atomic mass is 32.1. The molecule has 0 unspecified atom stereocenters. The molecule has 2 aliphatic carbocycles. The van der Waals surface area contributed by atoms with E-state index in [9.17, 15) is 14.7 Å². The molecule has 0 radical (unpaired) electrons. The van der Waals surface area contributed by atoms with E-state index in [2.05, 4.69) is 19.2 Å². The summed E-state index contributed by atoms with van der Waals surface area (Å²) in [4.78, 5) is 26.1. The number of nitrogens with one attached hydrogen (secondary N) is 1. The van der Waals surface area contributed by atoms with Crippen LogP contribution >= 0.6 is 11.3 Å². The fourth-order valence-electron chi connectivity index (χ4n) is 6.01. The third-order valence-corrected chi connectivity index (χ3v) is 8.95. The fourth-order valence-corrected chi connectivity index (χ4v) is 7.18. The first-order valence-electron chi connectivity index (χ1n) is 9.23. The van der Waals surface area contributed by atoms with Crippen LogP contribution in [0.4, 0.5) is 5.00 Å². The first-order chi connectivity index (χ1) is 12.3. The van der Waals surface area contributed by atoms with Crippen LogP contribution in [0.25, 0.3) is 0 Å². The van der Waals surface area contributed by atoms with E-state index in [1.807, 2.05) is 0 Å². The molecule has 0 spiro atoms. The standard InChI is InChI=1S/C19H23NO5S/c1-17-9-25-19(7-10(17)3-5-18(17,19)2)16(23)20-14-13(15(21)22)11-4-6-24-8-12(11)26-14/h10H,3-9H2,1-2H3,(H,20,23)(H,21,22)/t10-,17+,18-,19-/m1/s1. The van der Waals surface area contributed by atoms with E-state index in [0.29, 0.717) is 37.2 Å². The summed E-state index contributed by atoms with van der Waals surface area (Å²) in [7, 11) is 0. The molecular formula is C19H23NO5S. The number of ether oxygens (including phenoxy) is 2. The quantitative estimate of drug-likeness (QED) is 0.846. The number of carbonyl (C=O) groups is 2. The lowest BCUT2D eigenvalue weighted by Crippen LogP contribution is -2.52. The molecule has 4 atom stereocenters. The first-order valence-corrected chi connectivity index (χ1v) is 10.0. The number of amides is 1. The van der Waals surface area contributed by atoms with Gasteiger partial charge in [0.05, 0.1) is 25.4 Å². The van der Waals surface area contributed by atoms with Crippen LogP contribution < -0.4 is 5.32 Å². The fraction of sp³-hybridized carbons (Fsp3) is 0.684. The van der Waals surface area contributed by atoms with Gasteiger partial charge in [-0.05, 0) is 37.2 Å². The molecule has 0 aromatic carbocycles. The van der Waals surface area contributed by atoms with E-state index in [0.717, 1.165) is 29.7 Å². The Morgan fingerprint density at radius 3 is 2.85 bits per heavy atom. The van der Waals surface area contributed by atoms with Crippen molar-refractivity contribution in [3.63, 3.8) is 0 Å². The number of aromatic carboxylic acids is 1. The van der Waals surface area contributed by atoms with Gasteiger partial charge in [-0.15, -0.1) is 11.3 Å². The van der Waals surface area contributed by atoms with Gasteiger partial charge in [0.1, 0.15) is 5.00 Å². The lowest BCUT2D eigenvalue weighted by atomic mass is 9.66. The highest BCUT2D eigenvalue weighted by molar-refractivity contribution is 7.17. The van der Waals surface area contributed by atoms with Crippen molar-refractivity contribution in [3.05, 3.63) is 16.0 Å². The molecule has 1 aromatic rings. The van der Waals surface area contributed by atoms with Gasteiger partial charge in [0.2, 0.25) is 0 Å². The van der Waals surface area contributed by atoms with Crippen LogP contribution in [0.3, 0.4) is 0 Å². The van der Waals surface area contributed by atoms with E-state index in [-0.39, 0.29) is 22.3 Å². The Morgan fingerprint density at radius 1 is 1.35 bits per heavy atom. The Labute approximate surface area is 155 Å². The number of fused-ring (bicyclic) bond motifs is 1. The largest absolute Gasteiger partial charge is 0.478 e. The number of hydrogen-bond acceptors (Lipinski definition) is 5. The molecule has 5 rings (SSSR count). The van der Waals surface area contributed by atoms with Crippen molar-refractivity contribution < 1.29 is 24.2 Å². The van der Waals surface area contributed by atoms with E-state index in [1.54, 1.807) is 0 Å². The number of carboxylic acids is 1. The number of rotatable bonds is 3. The van der Waals surface area contributed by atoms with Gasteiger partial charge in [0, 0.05) is 15.7 Å². The van der Waals surface area contributed by atoms with Gasteiger partial charge in [0.25, 0.3) is 5.91 Å². The normalized spacial score (nSPS) is 39.8. The molecule has 4 aliphatic rings. The maximum atomic E-state index is 13.4. The molecule has 7 heteroatoms. The average molecular weight is 377 g/mol. The zero-order valence-electron chi connectivity index (χ0n) is 15.0. The minimum atomic E-state index is -0.992. The molecule has 3 heterocycles. The molecule has 1 aromatic heterocycles. The minimum Gasteiger partial charge on any atom is -0.478 e. The van der Waals surface area contributed by atoms with Crippen LogP contribution in [-0.4, -0.2) is 35.8 Å². The number of hydrogen-bond donors (Lipinski definition) is 2. The second kappa shape index (κ2) is 5.09. The predicted octanol–water partition coefficient (Wildman–Crippen LogP) is 3.05. The highest BCUT2D eigenvalue weighted by Gasteiger charge is 2.78. The molecular weight excluding hydrogens is 354 g/mol. The van der Waals surface area contributed by atoms with Gasteiger partial charge in [-0.2, -0.15) is 0 Å². The molecule has 6 nitrogen and oxygen atoms in total. The Morgan fingerprint density at radius 2 is 2.15 bits per heavy atom. The van der Waals surface area contributed by atoms with Crippen LogP contribution in [0, 0.1) is 16.7 Å². The number of carbonyl (C=O) groups excluding carboxylic acids is 1. The first kappa shape index (κ1) is 16.7. The third kappa shape index (κ3) is 1.74. The number of carboxylic acid groups (broad SMARTS) is 1. The molecule has 26 heavy (non-hydrogen) atoms. The molecule has 140 valence electrons. The second-order valence-corrected chi connectivity index (χ2v) is 9.68. The van der Waals surface area contributed by atoms with Gasteiger partial charge < -0.3 is 19.9 Å². The van der Waals surface area contributed by atoms with Crippen LogP contribution in [-0.2, 0) is 27.3 Å². The van der Waals surface area contributed by atoms with Crippen molar-refractivity contribution in [1.29, 1.82) is 0 Å². The Balaban J connectivity index is 1.51. The maximum absolute atomic E-state index is 13.4. The summed E-state index contributed by atoms with van der Waals surface area (Å²) in [6.07, 6.45) is 3.45. The average Bonchev–Trinajstić information content (AvgIpc) is 3.22. The van der Waals surface area contributed by atoms with Gasteiger partial charge >= 0.3 is 5.97 Å². The van der Waals surface area contributed by atoms with E-state index in [4.69, 9.17) is 9.47 Å². The van der Waals surface area contributed by atoms with Gasteiger partial charge in [-0.3, -0.25) is 4.79 Å². The molecule has 4 bridgehead atoms. The highest BCUT2D eigenvalue weighted by Crippen LogP contribution is 2.75. The second-order valence-electron chi connectivity index (χ2n) is 8.57. The van der Waals surface area contributed by atoms with E-state index in [1.165, 1.54) is 11.3 Å². The lowest BCUT2D eigenvalue weighted by molar-refractivity contribution is -0.149. The van der Waals surface area contributed by atoms with Crippen molar-refractivity contribution in [3.8, 4) is 0 Å². The lowest BCUT2D eigenvalue weighted by Gasteiger charge is -2.39.